The van der Waals surface area contributed by atoms with Crippen molar-refractivity contribution in [3.63, 3.8) is 0 Å². The molecule has 1 amide bonds. The highest BCUT2D eigenvalue weighted by Gasteiger charge is 2.16. The van der Waals surface area contributed by atoms with Crippen molar-refractivity contribution in [3.8, 4) is 0 Å². The Morgan fingerprint density at radius 1 is 1.19 bits per heavy atom. The van der Waals surface area contributed by atoms with Crippen LogP contribution in [0.15, 0.2) is 30.6 Å². The standard InChI is InChI=1S/C16H20N4O/c17-14-4-5-15(13-10-18-7-6-12(13)14)19-11-16(21)20-8-2-1-3-9-20/h4-7,10,19H,1-3,8-9,11,17H2. The van der Waals surface area contributed by atoms with Crippen LogP contribution in [0, 0.1) is 0 Å². The molecule has 0 atom stereocenters. The molecule has 1 saturated heterocycles. The third kappa shape index (κ3) is 2.91. The lowest BCUT2D eigenvalue weighted by molar-refractivity contribution is -0.130. The number of hydrogen-bond acceptors (Lipinski definition) is 4. The molecule has 0 unspecified atom stereocenters. The van der Waals surface area contributed by atoms with Crippen molar-refractivity contribution in [3.05, 3.63) is 30.6 Å². The first kappa shape index (κ1) is 13.7. The zero-order valence-electron chi connectivity index (χ0n) is 12.0. The Hall–Kier alpha value is -2.30. The van der Waals surface area contributed by atoms with Crippen LogP contribution in [0.2, 0.25) is 0 Å². The Bertz CT molecular complexity index is 650. The van der Waals surface area contributed by atoms with Gasteiger partial charge in [-0.1, -0.05) is 0 Å². The number of amides is 1. The minimum Gasteiger partial charge on any atom is -0.398 e. The number of nitrogens with zero attached hydrogens (tertiary/aromatic N) is 2. The molecule has 3 N–H and O–H groups in total. The molecule has 110 valence electrons. The molecule has 1 fully saturated rings. The first-order chi connectivity index (χ1) is 10.3. The molecule has 21 heavy (non-hydrogen) atoms. The van der Waals surface area contributed by atoms with Crippen LogP contribution in [0.3, 0.4) is 0 Å². The van der Waals surface area contributed by atoms with Crippen LogP contribution in [0.25, 0.3) is 10.8 Å². The Morgan fingerprint density at radius 2 is 2.00 bits per heavy atom. The SMILES string of the molecule is Nc1ccc(NCC(=O)N2CCCCC2)c2cnccc12. The van der Waals surface area contributed by atoms with Gasteiger partial charge >= 0.3 is 0 Å². The maximum absolute atomic E-state index is 12.2. The average molecular weight is 284 g/mol. The van der Waals surface area contributed by atoms with E-state index in [0.717, 1.165) is 48.1 Å². The number of nitrogens with two attached hydrogens (primary N) is 1. The van der Waals surface area contributed by atoms with Crippen molar-refractivity contribution in [1.82, 2.24) is 9.88 Å². The number of nitrogen functional groups attached to an aromatic ring is 1. The molecule has 5 heteroatoms. The second-order valence-corrected chi connectivity index (χ2v) is 5.42. The zero-order chi connectivity index (χ0) is 14.7. The third-order valence-electron chi connectivity index (χ3n) is 3.99. The second-order valence-electron chi connectivity index (χ2n) is 5.42. The summed E-state index contributed by atoms with van der Waals surface area (Å²) in [6.07, 6.45) is 6.95. The maximum atomic E-state index is 12.2. The number of nitrogens with one attached hydrogen (secondary N) is 1. The number of likely N-dealkylation sites (tertiary alicyclic amines) is 1. The largest absolute Gasteiger partial charge is 0.398 e. The van der Waals surface area contributed by atoms with Crippen molar-refractivity contribution in [2.45, 2.75) is 19.3 Å². The van der Waals surface area contributed by atoms with Crippen molar-refractivity contribution < 1.29 is 4.79 Å². The molecular formula is C16H20N4O. The van der Waals surface area contributed by atoms with Crippen LogP contribution in [0.4, 0.5) is 11.4 Å². The van der Waals surface area contributed by atoms with Gasteiger partial charge in [-0.25, -0.2) is 0 Å². The molecule has 3 rings (SSSR count). The lowest BCUT2D eigenvalue weighted by atomic mass is 10.1. The molecule has 1 aliphatic rings. The highest BCUT2D eigenvalue weighted by molar-refractivity contribution is 6.01. The number of benzene rings is 1. The molecule has 0 spiro atoms. The summed E-state index contributed by atoms with van der Waals surface area (Å²) < 4.78 is 0. The van der Waals surface area contributed by atoms with E-state index in [1.54, 1.807) is 12.4 Å². The molecule has 0 radical (unpaired) electrons. The fourth-order valence-corrected chi connectivity index (χ4v) is 2.79. The van der Waals surface area contributed by atoms with E-state index in [2.05, 4.69) is 10.3 Å². The highest BCUT2D eigenvalue weighted by Crippen LogP contribution is 2.27. The predicted molar refractivity (Wildman–Crippen MR) is 85.1 cm³/mol. The second kappa shape index (κ2) is 5.99. The van der Waals surface area contributed by atoms with Crippen LogP contribution >= 0.6 is 0 Å². The fraction of sp³-hybridized carbons (Fsp3) is 0.375. The topological polar surface area (TPSA) is 71.2 Å². The van der Waals surface area contributed by atoms with Gasteiger partial charge in [0.05, 0.1) is 6.54 Å². The number of pyridine rings is 1. The quantitative estimate of drug-likeness (QED) is 0.848. The van der Waals surface area contributed by atoms with Gasteiger partial charge < -0.3 is 16.0 Å². The van der Waals surface area contributed by atoms with Gasteiger partial charge in [-0.2, -0.15) is 0 Å². The minimum atomic E-state index is 0.156. The molecule has 1 aromatic carbocycles. The summed E-state index contributed by atoms with van der Waals surface area (Å²) in [5, 5.41) is 5.13. The lowest BCUT2D eigenvalue weighted by Crippen LogP contribution is -2.39. The van der Waals surface area contributed by atoms with Gasteiger partial charge in [0.1, 0.15) is 0 Å². The van der Waals surface area contributed by atoms with E-state index < -0.39 is 0 Å². The van der Waals surface area contributed by atoms with Crippen molar-refractivity contribution >= 4 is 28.1 Å². The minimum absolute atomic E-state index is 0.156. The molecule has 2 heterocycles. The average Bonchev–Trinajstić information content (AvgIpc) is 2.55. The van der Waals surface area contributed by atoms with Crippen molar-refractivity contribution in [1.29, 1.82) is 0 Å². The summed E-state index contributed by atoms with van der Waals surface area (Å²) in [5.74, 6) is 0.156. The van der Waals surface area contributed by atoms with E-state index >= 15 is 0 Å². The normalized spacial score (nSPS) is 15.1. The number of rotatable bonds is 3. The molecule has 0 saturated carbocycles. The van der Waals surface area contributed by atoms with Crippen LogP contribution in [0.1, 0.15) is 19.3 Å². The molecule has 2 aromatic rings. The summed E-state index contributed by atoms with van der Waals surface area (Å²) in [4.78, 5) is 18.3. The van der Waals surface area contributed by atoms with Crippen LogP contribution in [0.5, 0.6) is 0 Å². The number of fused-ring (bicyclic) bond motifs is 1. The number of hydrogen-bond donors (Lipinski definition) is 2. The van der Waals surface area contributed by atoms with Crippen molar-refractivity contribution in [2.24, 2.45) is 0 Å². The number of aromatic nitrogens is 1. The molecule has 1 aromatic heterocycles. The van der Waals surface area contributed by atoms with Gasteiger partial charge in [0.15, 0.2) is 0 Å². The van der Waals surface area contributed by atoms with Gasteiger partial charge in [0, 0.05) is 47.6 Å². The first-order valence-electron chi connectivity index (χ1n) is 7.39. The number of carbonyl (C=O) groups is 1. The summed E-state index contributed by atoms with van der Waals surface area (Å²) in [7, 11) is 0. The highest BCUT2D eigenvalue weighted by atomic mass is 16.2. The van der Waals surface area contributed by atoms with Crippen LogP contribution < -0.4 is 11.1 Å². The summed E-state index contributed by atoms with van der Waals surface area (Å²) in [6, 6.07) is 5.65. The lowest BCUT2D eigenvalue weighted by Gasteiger charge is -2.27. The van der Waals surface area contributed by atoms with E-state index in [9.17, 15) is 4.79 Å². The zero-order valence-corrected chi connectivity index (χ0v) is 12.0. The molecule has 0 bridgehead atoms. The van der Waals surface area contributed by atoms with Gasteiger partial charge in [-0.3, -0.25) is 9.78 Å². The third-order valence-corrected chi connectivity index (χ3v) is 3.99. The van der Waals surface area contributed by atoms with E-state index in [-0.39, 0.29) is 5.91 Å². The number of piperidine rings is 1. The van der Waals surface area contributed by atoms with E-state index in [4.69, 9.17) is 5.73 Å². The number of carbonyl (C=O) groups excluding carboxylic acids is 1. The van der Waals surface area contributed by atoms with Crippen LogP contribution in [-0.2, 0) is 4.79 Å². The van der Waals surface area contributed by atoms with E-state index in [1.165, 1.54) is 6.42 Å². The van der Waals surface area contributed by atoms with Gasteiger partial charge in [-0.15, -0.1) is 0 Å². The fourth-order valence-electron chi connectivity index (χ4n) is 2.79. The maximum Gasteiger partial charge on any atom is 0.241 e. The molecule has 5 nitrogen and oxygen atoms in total. The van der Waals surface area contributed by atoms with Gasteiger partial charge in [0.2, 0.25) is 5.91 Å². The van der Waals surface area contributed by atoms with E-state index in [0.29, 0.717) is 6.54 Å². The molecular weight excluding hydrogens is 264 g/mol. The predicted octanol–water partition coefficient (Wildman–Crippen LogP) is 2.24. The number of anilines is 2. The van der Waals surface area contributed by atoms with E-state index in [1.807, 2.05) is 23.1 Å². The monoisotopic (exact) mass is 284 g/mol. The van der Waals surface area contributed by atoms with Crippen LogP contribution in [-0.4, -0.2) is 35.4 Å². The Morgan fingerprint density at radius 3 is 2.81 bits per heavy atom. The summed E-state index contributed by atoms with van der Waals surface area (Å²) in [6.45, 7) is 2.07. The Kier molecular flexibility index (Phi) is 3.90. The molecule has 1 aliphatic heterocycles. The van der Waals surface area contributed by atoms with Gasteiger partial charge in [0.25, 0.3) is 0 Å². The Labute approximate surface area is 124 Å². The first-order valence-corrected chi connectivity index (χ1v) is 7.39. The smallest absolute Gasteiger partial charge is 0.241 e. The summed E-state index contributed by atoms with van der Waals surface area (Å²) >= 11 is 0. The van der Waals surface area contributed by atoms with Crippen molar-refractivity contribution in [2.75, 3.05) is 30.7 Å². The van der Waals surface area contributed by atoms with Gasteiger partial charge in [-0.05, 0) is 37.5 Å². The summed E-state index contributed by atoms with van der Waals surface area (Å²) in [5.41, 5.74) is 7.59. The Balaban J connectivity index is 1.73. The molecule has 0 aliphatic carbocycles.